The first-order valence-electron chi connectivity index (χ1n) is 8.49. The number of ether oxygens (including phenoxy) is 2. The van der Waals surface area contributed by atoms with Gasteiger partial charge in [-0.3, -0.25) is 0 Å². The molecule has 0 aliphatic rings. The summed E-state index contributed by atoms with van der Waals surface area (Å²) in [5.74, 6) is 0.0632. The second-order valence-electron chi connectivity index (χ2n) is 5.68. The summed E-state index contributed by atoms with van der Waals surface area (Å²) in [6.07, 6.45) is 11.9. The summed E-state index contributed by atoms with van der Waals surface area (Å²) in [5, 5.41) is 0. The maximum atomic E-state index is 11.3. The molecule has 0 heterocycles. The van der Waals surface area contributed by atoms with Crippen LogP contribution in [-0.2, 0) is 14.3 Å². The van der Waals surface area contributed by atoms with Crippen molar-refractivity contribution in [2.45, 2.75) is 72.1 Å². The summed E-state index contributed by atoms with van der Waals surface area (Å²) in [6.45, 7) is 7.67. The Labute approximate surface area is 131 Å². The monoisotopic (exact) mass is 298 g/mol. The van der Waals surface area contributed by atoms with Crippen molar-refractivity contribution >= 4 is 5.97 Å². The third-order valence-electron chi connectivity index (χ3n) is 3.87. The van der Waals surface area contributed by atoms with Crippen LogP contribution in [0.15, 0.2) is 11.6 Å². The summed E-state index contributed by atoms with van der Waals surface area (Å²) in [7, 11) is 1.42. The Hall–Kier alpha value is -0.830. The van der Waals surface area contributed by atoms with E-state index in [2.05, 4.69) is 6.92 Å². The molecule has 3 heteroatoms. The van der Waals surface area contributed by atoms with Crippen molar-refractivity contribution in [3.8, 4) is 0 Å². The van der Waals surface area contributed by atoms with Crippen molar-refractivity contribution in [3.63, 3.8) is 0 Å². The lowest BCUT2D eigenvalue weighted by atomic mass is 9.94. The number of hydrogen-bond donors (Lipinski definition) is 0. The Morgan fingerprint density at radius 1 is 1.05 bits per heavy atom. The van der Waals surface area contributed by atoms with Crippen molar-refractivity contribution in [2.75, 3.05) is 20.3 Å². The van der Waals surface area contributed by atoms with E-state index in [0.29, 0.717) is 12.5 Å². The zero-order valence-corrected chi connectivity index (χ0v) is 14.5. The molecule has 0 aromatic heterocycles. The fraction of sp³-hybridized carbons (Fsp3) is 0.833. The van der Waals surface area contributed by atoms with Gasteiger partial charge in [-0.2, -0.15) is 0 Å². The number of carbonyl (C=O) groups excluding carboxylic acids is 1. The predicted octanol–water partition coefficient (Wildman–Crippen LogP) is 4.90. The van der Waals surface area contributed by atoms with Crippen molar-refractivity contribution in [2.24, 2.45) is 5.92 Å². The van der Waals surface area contributed by atoms with Crippen LogP contribution in [0.25, 0.3) is 0 Å². The summed E-state index contributed by atoms with van der Waals surface area (Å²) in [5.41, 5.74) is 1.07. The molecule has 0 fully saturated rings. The molecule has 0 aromatic carbocycles. The van der Waals surface area contributed by atoms with Gasteiger partial charge in [-0.1, -0.05) is 57.4 Å². The fourth-order valence-electron chi connectivity index (χ4n) is 2.41. The van der Waals surface area contributed by atoms with Crippen LogP contribution in [0.1, 0.15) is 72.1 Å². The molecule has 0 saturated heterocycles. The molecule has 1 unspecified atom stereocenters. The van der Waals surface area contributed by atoms with Gasteiger partial charge in [0.2, 0.25) is 0 Å². The minimum Gasteiger partial charge on any atom is -0.466 e. The van der Waals surface area contributed by atoms with E-state index in [1.807, 2.05) is 13.8 Å². The van der Waals surface area contributed by atoms with Crippen LogP contribution < -0.4 is 0 Å². The number of rotatable bonds is 13. The highest BCUT2D eigenvalue weighted by Crippen LogP contribution is 2.20. The summed E-state index contributed by atoms with van der Waals surface area (Å²) < 4.78 is 10.2. The molecule has 21 heavy (non-hydrogen) atoms. The molecule has 0 spiro atoms. The smallest absolute Gasteiger partial charge is 0.330 e. The molecule has 0 rings (SSSR count). The van der Waals surface area contributed by atoms with Crippen LogP contribution in [0, 0.1) is 5.92 Å². The first-order chi connectivity index (χ1) is 10.2. The zero-order chi connectivity index (χ0) is 15.9. The van der Waals surface area contributed by atoms with Crippen LogP contribution in [0.3, 0.4) is 0 Å². The average molecular weight is 298 g/mol. The third-order valence-corrected chi connectivity index (χ3v) is 3.87. The molecule has 0 radical (unpaired) electrons. The highest BCUT2D eigenvalue weighted by atomic mass is 16.5. The quantitative estimate of drug-likeness (QED) is 0.276. The second kappa shape index (κ2) is 14.1. The molecule has 0 saturated carbocycles. The lowest BCUT2D eigenvalue weighted by Gasteiger charge is -2.17. The average Bonchev–Trinajstić information content (AvgIpc) is 2.48. The highest BCUT2D eigenvalue weighted by Gasteiger charge is 2.12. The van der Waals surface area contributed by atoms with Crippen LogP contribution in [-0.4, -0.2) is 26.3 Å². The van der Waals surface area contributed by atoms with Gasteiger partial charge in [-0.05, 0) is 20.3 Å². The summed E-state index contributed by atoms with van der Waals surface area (Å²) in [4.78, 5) is 11.3. The topological polar surface area (TPSA) is 35.5 Å². The van der Waals surface area contributed by atoms with E-state index in [0.717, 1.165) is 18.6 Å². The SMILES string of the molecule is CCCCCCCCCC(COCC)/C(C)=C/C(=O)OC. The molecule has 124 valence electrons. The van der Waals surface area contributed by atoms with E-state index in [-0.39, 0.29) is 5.97 Å². The minimum atomic E-state index is -0.270. The highest BCUT2D eigenvalue weighted by molar-refractivity contribution is 5.82. The summed E-state index contributed by atoms with van der Waals surface area (Å²) >= 11 is 0. The molecule has 0 aromatic rings. The Morgan fingerprint density at radius 3 is 2.24 bits per heavy atom. The van der Waals surface area contributed by atoms with Gasteiger partial charge in [0.15, 0.2) is 0 Å². The van der Waals surface area contributed by atoms with Crippen LogP contribution in [0.5, 0.6) is 0 Å². The van der Waals surface area contributed by atoms with Gasteiger partial charge in [0, 0.05) is 18.6 Å². The molecule has 0 N–H and O–H groups in total. The van der Waals surface area contributed by atoms with Gasteiger partial charge in [-0.15, -0.1) is 0 Å². The number of methoxy groups -OCH3 is 1. The molecule has 0 aliphatic heterocycles. The first kappa shape index (κ1) is 20.2. The number of hydrogen-bond acceptors (Lipinski definition) is 3. The van der Waals surface area contributed by atoms with Crippen molar-refractivity contribution in [1.82, 2.24) is 0 Å². The predicted molar refractivity (Wildman–Crippen MR) is 88.4 cm³/mol. The normalized spacial score (nSPS) is 13.2. The molecule has 0 bridgehead atoms. The van der Waals surface area contributed by atoms with Crippen molar-refractivity contribution in [1.29, 1.82) is 0 Å². The van der Waals surface area contributed by atoms with Gasteiger partial charge in [-0.25, -0.2) is 4.79 Å². The Bertz CT molecular complexity index is 284. The van der Waals surface area contributed by atoms with E-state index in [9.17, 15) is 4.79 Å². The van der Waals surface area contributed by atoms with Gasteiger partial charge in [0.05, 0.1) is 13.7 Å². The number of esters is 1. The third kappa shape index (κ3) is 11.5. The van der Waals surface area contributed by atoms with Gasteiger partial charge < -0.3 is 9.47 Å². The Balaban J connectivity index is 4.06. The maximum Gasteiger partial charge on any atom is 0.330 e. The van der Waals surface area contributed by atoms with Crippen LogP contribution in [0.2, 0.25) is 0 Å². The Morgan fingerprint density at radius 2 is 1.67 bits per heavy atom. The largest absolute Gasteiger partial charge is 0.466 e. The van der Waals surface area contributed by atoms with Gasteiger partial charge in [0.1, 0.15) is 0 Å². The lowest BCUT2D eigenvalue weighted by Crippen LogP contribution is -2.13. The van der Waals surface area contributed by atoms with Gasteiger partial charge >= 0.3 is 5.97 Å². The first-order valence-corrected chi connectivity index (χ1v) is 8.49. The summed E-state index contributed by atoms with van der Waals surface area (Å²) in [6, 6.07) is 0. The fourth-order valence-corrected chi connectivity index (χ4v) is 2.41. The maximum absolute atomic E-state index is 11.3. The minimum absolute atomic E-state index is 0.270. The lowest BCUT2D eigenvalue weighted by molar-refractivity contribution is -0.134. The van der Waals surface area contributed by atoms with Crippen molar-refractivity contribution in [3.05, 3.63) is 11.6 Å². The van der Waals surface area contributed by atoms with E-state index in [4.69, 9.17) is 9.47 Å². The molecule has 0 amide bonds. The second-order valence-corrected chi connectivity index (χ2v) is 5.68. The van der Waals surface area contributed by atoms with E-state index < -0.39 is 0 Å². The van der Waals surface area contributed by atoms with Crippen LogP contribution >= 0.6 is 0 Å². The van der Waals surface area contributed by atoms with Gasteiger partial charge in [0.25, 0.3) is 0 Å². The molecule has 3 nitrogen and oxygen atoms in total. The molecule has 0 aliphatic carbocycles. The zero-order valence-electron chi connectivity index (χ0n) is 14.5. The Kier molecular flexibility index (Phi) is 13.6. The van der Waals surface area contributed by atoms with E-state index in [1.54, 1.807) is 6.08 Å². The molecule has 1 atom stereocenters. The van der Waals surface area contributed by atoms with E-state index >= 15 is 0 Å². The standard InChI is InChI=1S/C18H34O3/c1-5-7-8-9-10-11-12-13-17(15-21-6-2)16(3)14-18(19)20-4/h14,17H,5-13,15H2,1-4H3/b16-14+. The molecular weight excluding hydrogens is 264 g/mol. The number of carbonyl (C=O) groups is 1. The van der Waals surface area contributed by atoms with Crippen LogP contribution in [0.4, 0.5) is 0 Å². The van der Waals surface area contributed by atoms with E-state index in [1.165, 1.54) is 52.1 Å². The van der Waals surface area contributed by atoms with Crippen molar-refractivity contribution < 1.29 is 14.3 Å². The molecular formula is C18H34O3. The number of unbranched alkanes of at least 4 members (excludes halogenated alkanes) is 6.